The molecule has 0 saturated carbocycles. The van der Waals surface area contributed by atoms with Crippen molar-refractivity contribution >= 4 is 0 Å². The van der Waals surface area contributed by atoms with Crippen LogP contribution in [0.1, 0.15) is 25.3 Å². The Labute approximate surface area is 109 Å². The summed E-state index contributed by atoms with van der Waals surface area (Å²) in [7, 11) is 2.06. The highest BCUT2D eigenvalue weighted by atomic mass is 16.5. The van der Waals surface area contributed by atoms with Gasteiger partial charge in [0, 0.05) is 18.8 Å². The summed E-state index contributed by atoms with van der Waals surface area (Å²) in [6, 6.07) is 8.45. The van der Waals surface area contributed by atoms with E-state index in [-0.39, 0.29) is 5.54 Å². The predicted molar refractivity (Wildman–Crippen MR) is 73.2 cm³/mol. The molecule has 0 radical (unpaired) electrons. The van der Waals surface area contributed by atoms with Gasteiger partial charge in [-0.05, 0) is 50.9 Å². The molecule has 0 amide bonds. The first-order valence-corrected chi connectivity index (χ1v) is 6.76. The molecular formula is C15H23NO2. The molecule has 18 heavy (non-hydrogen) atoms. The molecule has 0 bridgehead atoms. The Morgan fingerprint density at radius 2 is 1.89 bits per heavy atom. The summed E-state index contributed by atoms with van der Waals surface area (Å²) in [5.74, 6) is 0.951. The van der Waals surface area contributed by atoms with Gasteiger partial charge in [-0.3, -0.25) is 0 Å². The van der Waals surface area contributed by atoms with Crippen LogP contribution in [0.4, 0.5) is 0 Å². The fourth-order valence-electron chi connectivity index (χ4n) is 2.54. The lowest BCUT2D eigenvalue weighted by atomic mass is 9.84. The molecule has 1 aromatic rings. The average Bonchev–Trinajstić information content (AvgIpc) is 2.42. The largest absolute Gasteiger partial charge is 0.494 e. The highest BCUT2D eigenvalue weighted by molar-refractivity contribution is 5.28. The average molecular weight is 249 g/mol. The fraction of sp³-hybridized carbons (Fsp3) is 0.600. The second kappa shape index (κ2) is 6.21. The molecule has 3 heteroatoms. The van der Waals surface area contributed by atoms with Crippen molar-refractivity contribution in [3.63, 3.8) is 0 Å². The van der Waals surface area contributed by atoms with Crippen molar-refractivity contribution in [2.75, 3.05) is 26.9 Å². The van der Waals surface area contributed by atoms with Crippen LogP contribution in [-0.4, -0.2) is 32.4 Å². The number of rotatable bonds is 5. The van der Waals surface area contributed by atoms with Gasteiger partial charge in [0.15, 0.2) is 0 Å². The molecule has 1 aliphatic heterocycles. The summed E-state index contributed by atoms with van der Waals surface area (Å²) in [5, 5.41) is 3.49. The topological polar surface area (TPSA) is 30.5 Å². The highest BCUT2D eigenvalue weighted by Crippen LogP contribution is 2.25. The van der Waals surface area contributed by atoms with E-state index in [4.69, 9.17) is 9.47 Å². The number of hydrogen-bond donors (Lipinski definition) is 1. The van der Waals surface area contributed by atoms with Gasteiger partial charge < -0.3 is 14.8 Å². The maximum Gasteiger partial charge on any atom is 0.119 e. The first kappa shape index (κ1) is 13.4. The van der Waals surface area contributed by atoms with Crippen molar-refractivity contribution in [3.05, 3.63) is 29.8 Å². The molecular weight excluding hydrogens is 226 g/mol. The fourth-order valence-corrected chi connectivity index (χ4v) is 2.54. The van der Waals surface area contributed by atoms with Crippen LogP contribution < -0.4 is 10.1 Å². The first-order chi connectivity index (χ1) is 8.78. The van der Waals surface area contributed by atoms with E-state index in [1.54, 1.807) is 0 Å². The highest BCUT2D eigenvalue weighted by Gasteiger charge is 2.30. The first-order valence-electron chi connectivity index (χ1n) is 6.76. The van der Waals surface area contributed by atoms with Crippen LogP contribution >= 0.6 is 0 Å². The minimum atomic E-state index is 0.200. The van der Waals surface area contributed by atoms with Crippen molar-refractivity contribution in [1.29, 1.82) is 0 Å². The van der Waals surface area contributed by atoms with E-state index in [0.29, 0.717) is 0 Å². The van der Waals surface area contributed by atoms with Gasteiger partial charge in [0.2, 0.25) is 0 Å². The van der Waals surface area contributed by atoms with Gasteiger partial charge in [-0.15, -0.1) is 0 Å². The summed E-state index contributed by atoms with van der Waals surface area (Å²) in [6.07, 6.45) is 3.21. The molecule has 1 saturated heterocycles. The van der Waals surface area contributed by atoms with Crippen molar-refractivity contribution in [1.82, 2.24) is 5.32 Å². The maximum atomic E-state index is 5.47. The molecule has 1 heterocycles. The molecule has 0 spiro atoms. The Balaban J connectivity index is 2.02. The van der Waals surface area contributed by atoms with E-state index in [0.717, 1.165) is 44.8 Å². The summed E-state index contributed by atoms with van der Waals surface area (Å²) in [6.45, 7) is 4.44. The minimum absolute atomic E-state index is 0.200. The second-order valence-electron chi connectivity index (χ2n) is 4.90. The normalized spacial score (nSPS) is 18.6. The number of ether oxygens (including phenoxy) is 2. The van der Waals surface area contributed by atoms with E-state index >= 15 is 0 Å². The molecule has 0 unspecified atom stereocenters. The Bertz CT molecular complexity index is 355. The zero-order valence-electron chi connectivity index (χ0n) is 11.4. The Kier molecular flexibility index (Phi) is 4.61. The van der Waals surface area contributed by atoms with Crippen LogP contribution in [0.15, 0.2) is 24.3 Å². The van der Waals surface area contributed by atoms with Crippen LogP contribution in [0.5, 0.6) is 5.75 Å². The third-order valence-electron chi connectivity index (χ3n) is 3.76. The second-order valence-corrected chi connectivity index (χ2v) is 4.90. The van der Waals surface area contributed by atoms with Gasteiger partial charge in [-0.1, -0.05) is 12.1 Å². The minimum Gasteiger partial charge on any atom is -0.494 e. The van der Waals surface area contributed by atoms with Crippen LogP contribution in [0, 0.1) is 0 Å². The monoisotopic (exact) mass is 249 g/mol. The number of hydrogen-bond acceptors (Lipinski definition) is 3. The van der Waals surface area contributed by atoms with E-state index < -0.39 is 0 Å². The SMILES string of the molecule is CCOc1ccc(CC2(NC)CCOCC2)cc1. The Hall–Kier alpha value is -1.06. The van der Waals surface area contributed by atoms with Gasteiger partial charge in [0.25, 0.3) is 0 Å². The van der Waals surface area contributed by atoms with Gasteiger partial charge in [-0.25, -0.2) is 0 Å². The third-order valence-corrected chi connectivity index (χ3v) is 3.76. The van der Waals surface area contributed by atoms with Crippen LogP contribution in [0.3, 0.4) is 0 Å². The zero-order chi connectivity index (χ0) is 12.8. The standard InChI is InChI=1S/C15H23NO2/c1-3-18-14-6-4-13(5-7-14)12-15(16-2)8-10-17-11-9-15/h4-7,16H,3,8-12H2,1-2H3. The van der Waals surface area contributed by atoms with E-state index in [1.165, 1.54) is 5.56 Å². The Morgan fingerprint density at radius 1 is 1.22 bits per heavy atom. The third kappa shape index (κ3) is 3.24. The quantitative estimate of drug-likeness (QED) is 0.869. The summed E-state index contributed by atoms with van der Waals surface area (Å²) < 4.78 is 10.9. The maximum absolute atomic E-state index is 5.47. The van der Waals surface area contributed by atoms with Crippen molar-refractivity contribution in [2.24, 2.45) is 0 Å². The lowest BCUT2D eigenvalue weighted by Gasteiger charge is -2.37. The molecule has 0 aliphatic carbocycles. The van der Waals surface area contributed by atoms with Crippen LogP contribution in [0.25, 0.3) is 0 Å². The van der Waals surface area contributed by atoms with Crippen LogP contribution in [0.2, 0.25) is 0 Å². The number of nitrogens with one attached hydrogen (secondary N) is 1. The molecule has 100 valence electrons. The van der Waals surface area contributed by atoms with E-state index in [2.05, 4.69) is 36.6 Å². The predicted octanol–water partition coefficient (Wildman–Crippen LogP) is 2.40. The molecule has 1 N–H and O–H groups in total. The van der Waals surface area contributed by atoms with E-state index in [1.807, 2.05) is 6.92 Å². The molecule has 1 aliphatic rings. The molecule has 1 aromatic carbocycles. The lowest BCUT2D eigenvalue weighted by Crippen LogP contribution is -2.49. The zero-order valence-corrected chi connectivity index (χ0v) is 11.4. The van der Waals surface area contributed by atoms with Crippen molar-refractivity contribution in [3.8, 4) is 5.75 Å². The molecule has 0 aromatic heterocycles. The lowest BCUT2D eigenvalue weighted by molar-refractivity contribution is 0.0413. The molecule has 1 fully saturated rings. The van der Waals surface area contributed by atoms with Gasteiger partial charge >= 0.3 is 0 Å². The van der Waals surface area contributed by atoms with Crippen molar-refractivity contribution in [2.45, 2.75) is 31.7 Å². The molecule has 0 atom stereocenters. The number of likely N-dealkylation sites (N-methyl/N-ethyl adjacent to an activating group) is 1. The summed E-state index contributed by atoms with van der Waals surface area (Å²) in [4.78, 5) is 0. The summed E-state index contributed by atoms with van der Waals surface area (Å²) in [5.41, 5.74) is 1.56. The van der Waals surface area contributed by atoms with Gasteiger partial charge in [0.05, 0.1) is 6.61 Å². The van der Waals surface area contributed by atoms with Crippen LogP contribution in [-0.2, 0) is 11.2 Å². The molecule has 2 rings (SSSR count). The number of benzene rings is 1. The van der Waals surface area contributed by atoms with Gasteiger partial charge in [0.1, 0.15) is 5.75 Å². The van der Waals surface area contributed by atoms with Crippen molar-refractivity contribution < 1.29 is 9.47 Å². The van der Waals surface area contributed by atoms with Gasteiger partial charge in [-0.2, -0.15) is 0 Å². The summed E-state index contributed by atoms with van der Waals surface area (Å²) >= 11 is 0. The molecule has 3 nitrogen and oxygen atoms in total. The smallest absolute Gasteiger partial charge is 0.119 e. The Morgan fingerprint density at radius 3 is 2.44 bits per heavy atom. The van der Waals surface area contributed by atoms with E-state index in [9.17, 15) is 0 Å².